The summed E-state index contributed by atoms with van der Waals surface area (Å²) in [6, 6.07) is 8.76. The Morgan fingerprint density at radius 3 is 2.73 bits per heavy atom. The van der Waals surface area contributed by atoms with Gasteiger partial charge in [0.2, 0.25) is 5.91 Å². The molecule has 3 aliphatic heterocycles. The number of carbonyl (C=O) groups excluding carboxylic acids is 1. The number of nitrogens with zero attached hydrogens (tertiary/aromatic N) is 4. The number of amides is 1. The Morgan fingerprint density at radius 2 is 1.94 bits per heavy atom. The molecule has 0 radical (unpaired) electrons. The summed E-state index contributed by atoms with van der Waals surface area (Å²) in [5.74, 6) is 0.669. The number of hydrogen-bond acceptors (Lipinski definition) is 8. The minimum absolute atomic E-state index is 0.0498. The molecule has 9 nitrogen and oxygen atoms in total. The number of nitrogens with one attached hydrogen (secondary N) is 1. The van der Waals surface area contributed by atoms with Crippen LogP contribution in [-0.4, -0.2) is 59.7 Å². The summed E-state index contributed by atoms with van der Waals surface area (Å²) in [7, 11) is 0. The highest BCUT2D eigenvalue weighted by Gasteiger charge is 2.28. The number of rotatable bonds is 7. The molecule has 3 aliphatic rings. The van der Waals surface area contributed by atoms with Gasteiger partial charge in [-0.3, -0.25) is 9.69 Å². The van der Waals surface area contributed by atoms with Crippen LogP contribution in [0.25, 0.3) is 0 Å². The van der Waals surface area contributed by atoms with Crippen LogP contribution in [0.4, 0.5) is 17.3 Å². The zero-order chi connectivity index (χ0) is 22.6. The predicted molar refractivity (Wildman–Crippen MR) is 126 cm³/mol. The van der Waals surface area contributed by atoms with Gasteiger partial charge in [-0.1, -0.05) is 24.3 Å². The third-order valence-corrected chi connectivity index (χ3v) is 6.44. The third-order valence-electron chi connectivity index (χ3n) is 6.44. The van der Waals surface area contributed by atoms with Gasteiger partial charge in [0.15, 0.2) is 11.6 Å². The highest BCUT2D eigenvalue weighted by molar-refractivity contribution is 6.03. The zero-order valence-electron chi connectivity index (χ0n) is 19.0. The van der Waals surface area contributed by atoms with Crippen molar-refractivity contribution in [3.8, 4) is 6.01 Å². The van der Waals surface area contributed by atoms with E-state index >= 15 is 0 Å². The lowest BCUT2D eigenvalue weighted by Gasteiger charge is -2.30. The van der Waals surface area contributed by atoms with E-state index in [9.17, 15) is 4.79 Å². The number of nitrogens with two attached hydrogens (primary N) is 1. The first-order chi connectivity index (χ1) is 16.1. The fourth-order valence-corrected chi connectivity index (χ4v) is 4.77. The number of carbonyl (C=O) groups is 1. The SMILES string of the molecule is Nc1nc(OCC2CCCCO2)nc2c1NC(=O)CN2Cc1cccc(CN2CCCC2)c1. The van der Waals surface area contributed by atoms with Crippen molar-refractivity contribution < 1.29 is 14.3 Å². The molecule has 3 N–H and O–H groups in total. The smallest absolute Gasteiger partial charge is 0.320 e. The van der Waals surface area contributed by atoms with Crippen molar-refractivity contribution in [1.82, 2.24) is 14.9 Å². The highest BCUT2D eigenvalue weighted by Crippen LogP contribution is 2.34. The number of likely N-dealkylation sites (tertiary alicyclic amines) is 1. The predicted octanol–water partition coefficient (Wildman–Crippen LogP) is 2.56. The van der Waals surface area contributed by atoms with Crippen molar-refractivity contribution in [2.75, 3.05) is 48.8 Å². The lowest BCUT2D eigenvalue weighted by atomic mass is 10.1. The van der Waals surface area contributed by atoms with Crippen LogP contribution in [0.15, 0.2) is 24.3 Å². The van der Waals surface area contributed by atoms with Crippen molar-refractivity contribution in [2.45, 2.75) is 51.3 Å². The largest absolute Gasteiger partial charge is 0.461 e. The Morgan fingerprint density at radius 1 is 1.12 bits per heavy atom. The number of aromatic nitrogens is 2. The zero-order valence-corrected chi connectivity index (χ0v) is 19.0. The van der Waals surface area contributed by atoms with Crippen molar-refractivity contribution in [1.29, 1.82) is 0 Å². The molecule has 0 saturated carbocycles. The van der Waals surface area contributed by atoms with Gasteiger partial charge >= 0.3 is 6.01 Å². The normalized spacial score (nSPS) is 21.0. The quantitative estimate of drug-likeness (QED) is 0.660. The maximum atomic E-state index is 12.4. The molecule has 1 aromatic heterocycles. The first-order valence-corrected chi connectivity index (χ1v) is 11.9. The Hall–Kier alpha value is -2.91. The van der Waals surface area contributed by atoms with Crippen molar-refractivity contribution in [3.05, 3.63) is 35.4 Å². The molecule has 2 aromatic rings. The molecule has 1 atom stereocenters. The number of ether oxygens (including phenoxy) is 2. The molecule has 33 heavy (non-hydrogen) atoms. The van der Waals surface area contributed by atoms with Crippen LogP contribution in [0.1, 0.15) is 43.2 Å². The van der Waals surface area contributed by atoms with E-state index in [4.69, 9.17) is 15.2 Å². The number of anilines is 3. The van der Waals surface area contributed by atoms with E-state index in [1.807, 2.05) is 4.90 Å². The summed E-state index contributed by atoms with van der Waals surface area (Å²) in [5.41, 5.74) is 9.03. The fraction of sp³-hybridized carbons (Fsp3) is 0.542. The van der Waals surface area contributed by atoms with Crippen molar-refractivity contribution >= 4 is 23.2 Å². The van der Waals surface area contributed by atoms with E-state index in [2.05, 4.69) is 44.5 Å². The minimum Gasteiger partial charge on any atom is -0.461 e. The third kappa shape index (κ3) is 5.36. The number of benzene rings is 1. The second-order valence-electron chi connectivity index (χ2n) is 9.10. The molecule has 2 fully saturated rings. The summed E-state index contributed by atoms with van der Waals surface area (Å²) in [6.07, 6.45) is 5.80. The Labute approximate surface area is 194 Å². The fourth-order valence-electron chi connectivity index (χ4n) is 4.77. The number of nitrogen functional groups attached to an aromatic ring is 1. The second-order valence-corrected chi connectivity index (χ2v) is 9.10. The molecule has 5 rings (SSSR count). The summed E-state index contributed by atoms with van der Waals surface area (Å²) < 4.78 is 11.6. The molecule has 176 valence electrons. The molecule has 0 spiro atoms. The Balaban J connectivity index is 1.32. The average molecular weight is 453 g/mol. The second kappa shape index (κ2) is 9.93. The van der Waals surface area contributed by atoms with Crippen LogP contribution in [0.3, 0.4) is 0 Å². The molecule has 9 heteroatoms. The van der Waals surface area contributed by atoms with Gasteiger partial charge in [0.1, 0.15) is 12.3 Å². The molecule has 2 saturated heterocycles. The van der Waals surface area contributed by atoms with Gasteiger partial charge < -0.3 is 25.4 Å². The lowest BCUT2D eigenvalue weighted by molar-refractivity contribution is -0.115. The van der Waals surface area contributed by atoms with Crippen LogP contribution < -0.4 is 20.7 Å². The van der Waals surface area contributed by atoms with E-state index in [1.165, 1.54) is 18.4 Å². The van der Waals surface area contributed by atoms with Gasteiger partial charge in [0.25, 0.3) is 0 Å². The van der Waals surface area contributed by atoms with E-state index in [1.54, 1.807) is 0 Å². The van der Waals surface area contributed by atoms with Crippen LogP contribution in [0.2, 0.25) is 0 Å². The first kappa shape index (κ1) is 21.9. The van der Waals surface area contributed by atoms with Crippen molar-refractivity contribution in [2.24, 2.45) is 0 Å². The summed E-state index contributed by atoms with van der Waals surface area (Å²) >= 11 is 0. The highest BCUT2D eigenvalue weighted by atomic mass is 16.5. The molecule has 1 amide bonds. The molecule has 1 aromatic carbocycles. The molecule has 4 heterocycles. The molecule has 1 unspecified atom stereocenters. The number of fused-ring (bicyclic) bond motifs is 1. The lowest BCUT2D eigenvalue weighted by Crippen LogP contribution is -2.39. The van der Waals surface area contributed by atoms with E-state index in [0.29, 0.717) is 24.7 Å². The maximum Gasteiger partial charge on any atom is 0.320 e. The Bertz CT molecular complexity index is 988. The average Bonchev–Trinajstić information content (AvgIpc) is 3.32. The summed E-state index contributed by atoms with van der Waals surface area (Å²) in [5, 5.41) is 2.82. The number of hydrogen-bond donors (Lipinski definition) is 2. The summed E-state index contributed by atoms with van der Waals surface area (Å²) in [4.78, 5) is 25.7. The monoisotopic (exact) mass is 452 g/mol. The van der Waals surface area contributed by atoms with Gasteiger partial charge in [-0.25, -0.2) is 0 Å². The van der Waals surface area contributed by atoms with E-state index in [0.717, 1.165) is 51.1 Å². The molecule has 0 bridgehead atoms. The standard InChI is InChI=1S/C24H32N6O3/c25-22-21-23(28-24(27-22)33-16-19-8-1-4-11-32-19)30(15-20(31)26-21)14-18-7-5-6-17(12-18)13-29-9-2-3-10-29/h5-7,12,19H,1-4,8-11,13-16H2,(H,26,31)(H2,25,27,28). The molecular formula is C24H32N6O3. The van der Waals surface area contributed by atoms with Crippen LogP contribution >= 0.6 is 0 Å². The van der Waals surface area contributed by atoms with E-state index < -0.39 is 0 Å². The van der Waals surface area contributed by atoms with Gasteiger partial charge in [0, 0.05) is 19.7 Å². The van der Waals surface area contributed by atoms with Gasteiger partial charge in [0.05, 0.1) is 12.6 Å². The molecular weight excluding hydrogens is 420 g/mol. The van der Waals surface area contributed by atoms with Gasteiger partial charge in [-0.05, 0) is 56.3 Å². The molecule has 0 aliphatic carbocycles. The van der Waals surface area contributed by atoms with Crippen LogP contribution in [0.5, 0.6) is 6.01 Å². The van der Waals surface area contributed by atoms with Gasteiger partial charge in [-0.15, -0.1) is 0 Å². The van der Waals surface area contributed by atoms with Crippen LogP contribution in [-0.2, 0) is 22.6 Å². The van der Waals surface area contributed by atoms with Crippen LogP contribution in [0, 0.1) is 0 Å². The Kier molecular flexibility index (Phi) is 6.59. The first-order valence-electron chi connectivity index (χ1n) is 11.9. The van der Waals surface area contributed by atoms with E-state index in [-0.39, 0.29) is 30.4 Å². The maximum absolute atomic E-state index is 12.4. The summed E-state index contributed by atoms with van der Waals surface area (Å²) in [6.45, 7) is 5.19. The minimum atomic E-state index is -0.129. The topological polar surface area (TPSA) is 106 Å². The van der Waals surface area contributed by atoms with Crippen molar-refractivity contribution in [3.63, 3.8) is 0 Å². The van der Waals surface area contributed by atoms with Gasteiger partial charge in [-0.2, -0.15) is 9.97 Å².